The van der Waals surface area contributed by atoms with E-state index in [1.54, 1.807) is 12.1 Å². The van der Waals surface area contributed by atoms with Crippen molar-refractivity contribution in [2.45, 2.75) is 56.8 Å². The van der Waals surface area contributed by atoms with Crippen molar-refractivity contribution in [2.24, 2.45) is 0 Å². The lowest BCUT2D eigenvalue weighted by atomic mass is 9.92. The van der Waals surface area contributed by atoms with Gasteiger partial charge in [0.05, 0.1) is 29.8 Å². The van der Waals surface area contributed by atoms with Crippen LogP contribution in [0, 0.1) is 11.3 Å². The van der Waals surface area contributed by atoms with Crippen LogP contribution >= 0.6 is 11.6 Å². The summed E-state index contributed by atoms with van der Waals surface area (Å²) >= 11 is 6.07. The van der Waals surface area contributed by atoms with Crippen LogP contribution < -0.4 is 5.32 Å². The van der Waals surface area contributed by atoms with Gasteiger partial charge in [0.1, 0.15) is 11.3 Å². The molecular weight excluding hydrogens is 545 g/mol. The van der Waals surface area contributed by atoms with E-state index in [0.717, 1.165) is 42.2 Å². The zero-order valence-electron chi connectivity index (χ0n) is 21.8. The molecule has 3 aromatic rings. The summed E-state index contributed by atoms with van der Waals surface area (Å²) in [6.45, 7) is 3.59. The van der Waals surface area contributed by atoms with E-state index >= 15 is 0 Å². The molecule has 2 fully saturated rings. The Balaban J connectivity index is 1.08. The summed E-state index contributed by atoms with van der Waals surface area (Å²) in [5, 5.41) is 13.8. The number of furan rings is 1. The number of carbonyl (C=O) groups is 1. The van der Waals surface area contributed by atoms with Gasteiger partial charge in [-0.25, -0.2) is 0 Å². The predicted molar refractivity (Wildman–Crippen MR) is 145 cm³/mol. The largest absolute Gasteiger partial charge is 0.460 e. The number of hydrogen-bond donors (Lipinski definition) is 1. The van der Waals surface area contributed by atoms with Crippen LogP contribution in [-0.2, 0) is 22.3 Å². The molecule has 1 N–H and O–H groups in total. The summed E-state index contributed by atoms with van der Waals surface area (Å²) in [4.78, 5) is 16.2. The summed E-state index contributed by atoms with van der Waals surface area (Å²) in [5.41, 5.74) is -0.185. The number of carbonyl (C=O) groups excluding carboxylic acids is 1. The number of nitrogens with zero attached hydrogens (tertiary/aromatic N) is 3. The van der Waals surface area contributed by atoms with E-state index < -0.39 is 23.5 Å². The minimum Gasteiger partial charge on any atom is -0.460 e. The van der Waals surface area contributed by atoms with E-state index in [1.807, 2.05) is 23.1 Å². The highest BCUT2D eigenvalue weighted by atomic mass is 35.5. The van der Waals surface area contributed by atoms with E-state index in [2.05, 4.69) is 10.2 Å². The number of alkyl halides is 3. The Morgan fingerprint density at radius 3 is 2.52 bits per heavy atom. The Kier molecular flexibility index (Phi) is 8.66. The fraction of sp³-hybridized carbons (Fsp3) is 0.448. The first-order valence-electron chi connectivity index (χ1n) is 13.3. The van der Waals surface area contributed by atoms with Crippen LogP contribution in [0.1, 0.15) is 42.6 Å². The number of nitriles is 1. The Hall–Kier alpha value is -3.10. The molecular formula is C29H30ClF3N4O3. The number of fused-ring (bicyclic) bond motifs is 1. The molecule has 2 aliphatic rings. The third-order valence-corrected chi connectivity index (χ3v) is 7.85. The molecule has 7 nitrogen and oxygen atoms in total. The van der Waals surface area contributed by atoms with Crippen molar-refractivity contribution in [2.75, 3.05) is 31.5 Å². The predicted octanol–water partition coefficient (Wildman–Crippen LogP) is 6.06. The van der Waals surface area contributed by atoms with Gasteiger partial charge < -0.3 is 14.5 Å². The normalized spacial score (nSPS) is 21.7. The number of benzene rings is 2. The molecule has 1 saturated carbocycles. The molecule has 1 atom stereocenters. The molecule has 1 saturated heterocycles. The van der Waals surface area contributed by atoms with Gasteiger partial charge in [-0.2, -0.15) is 18.4 Å². The van der Waals surface area contributed by atoms with Gasteiger partial charge in [0.15, 0.2) is 12.5 Å². The standard InChI is InChI=1S/C29H30ClF3N4O3/c30-21-2-8-27-20(13-21)14-25(39-27)17-36-9-11-37(12-10-36)28(18-38)40-24-6-4-22(5-7-24)35-23-3-1-19(16-34)26(15-23)29(31,32)33/h1-3,8,13-15,18,22,24,28,35H,4-7,9-12,17H2. The average molecular weight is 575 g/mol. The summed E-state index contributed by atoms with van der Waals surface area (Å²) in [5.74, 6) is 0.870. The first-order chi connectivity index (χ1) is 19.2. The number of hydrogen-bond acceptors (Lipinski definition) is 7. The molecule has 1 aliphatic heterocycles. The average Bonchev–Trinajstić information content (AvgIpc) is 3.34. The van der Waals surface area contributed by atoms with Gasteiger partial charge in [-0.05, 0) is 68.1 Å². The zero-order chi connectivity index (χ0) is 28.3. The maximum atomic E-state index is 13.3. The van der Waals surface area contributed by atoms with Gasteiger partial charge in [-0.3, -0.25) is 14.6 Å². The highest BCUT2D eigenvalue weighted by Crippen LogP contribution is 2.34. The highest BCUT2D eigenvalue weighted by Gasteiger charge is 2.34. The molecule has 0 bridgehead atoms. The molecule has 1 aliphatic carbocycles. The molecule has 1 unspecified atom stereocenters. The Labute approximate surface area is 235 Å². The third-order valence-electron chi connectivity index (χ3n) is 7.61. The van der Waals surface area contributed by atoms with Gasteiger partial charge in [0, 0.05) is 48.3 Å². The number of aldehydes is 1. The van der Waals surface area contributed by atoms with Crippen molar-refractivity contribution in [3.63, 3.8) is 0 Å². The second-order valence-corrected chi connectivity index (χ2v) is 10.8. The fourth-order valence-corrected chi connectivity index (χ4v) is 5.67. The number of halogens is 4. The lowest BCUT2D eigenvalue weighted by Crippen LogP contribution is -2.52. The van der Waals surface area contributed by atoms with Gasteiger partial charge >= 0.3 is 6.18 Å². The van der Waals surface area contributed by atoms with Crippen LogP contribution in [0.5, 0.6) is 0 Å². The lowest BCUT2D eigenvalue weighted by Gasteiger charge is -2.39. The van der Waals surface area contributed by atoms with E-state index in [4.69, 9.17) is 26.0 Å². The van der Waals surface area contributed by atoms with E-state index in [9.17, 15) is 18.0 Å². The maximum Gasteiger partial charge on any atom is 0.417 e. The van der Waals surface area contributed by atoms with E-state index in [1.165, 1.54) is 12.1 Å². The summed E-state index contributed by atoms with van der Waals surface area (Å²) < 4.78 is 52.0. The van der Waals surface area contributed by atoms with Crippen molar-refractivity contribution in [3.8, 4) is 6.07 Å². The van der Waals surface area contributed by atoms with Crippen molar-refractivity contribution >= 4 is 34.5 Å². The van der Waals surface area contributed by atoms with Crippen LogP contribution in [0.15, 0.2) is 46.9 Å². The highest BCUT2D eigenvalue weighted by molar-refractivity contribution is 6.31. The molecule has 5 rings (SSSR count). The van der Waals surface area contributed by atoms with Crippen LogP contribution in [0.3, 0.4) is 0 Å². The smallest absolute Gasteiger partial charge is 0.417 e. The number of anilines is 1. The number of piperazine rings is 1. The molecule has 0 spiro atoms. The maximum absolute atomic E-state index is 13.3. The SMILES string of the molecule is N#Cc1ccc(NC2CCC(OC(C=O)N3CCN(Cc4cc5cc(Cl)ccc5o4)CC3)CC2)cc1C(F)(F)F. The summed E-state index contributed by atoms with van der Waals surface area (Å²) in [6, 6.07) is 12.8. The topological polar surface area (TPSA) is 81.7 Å². The molecule has 212 valence electrons. The van der Waals surface area contributed by atoms with Gasteiger partial charge in [0.25, 0.3) is 0 Å². The summed E-state index contributed by atoms with van der Waals surface area (Å²) in [7, 11) is 0. The zero-order valence-corrected chi connectivity index (χ0v) is 22.5. The minimum absolute atomic E-state index is 0.0126. The Morgan fingerprint density at radius 2 is 1.85 bits per heavy atom. The molecule has 1 aromatic heterocycles. The second kappa shape index (κ2) is 12.2. The van der Waals surface area contributed by atoms with Crippen molar-refractivity contribution in [1.29, 1.82) is 5.26 Å². The third kappa shape index (κ3) is 6.78. The van der Waals surface area contributed by atoms with Crippen LogP contribution in [0.4, 0.5) is 18.9 Å². The molecule has 0 amide bonds. The van der Waals surface area contributed by atoms with Crippen molar-refractivity contribution in [3.05, 3.63) is 64.4 Å². The quantitative estimate of drug-likeness (QED) is 0.328. The molecule has 40 heavy (non-hydrogen) atoms. The molecule has 11 heteroatoms. The molecule has 0 radical (unpaired) electrons. The number of rotatable bonds is 8. The van der Waals surface area contributed by atoms with Crippen LogP contribution in [0.2, 0.25) is 5.02 Å². The minimum atomic E-state index is -4.59. The molecule has 2 heterocycles. The number of nitrogens with one attached hydrogen (secondary N) is 1. The van der Waals surface area contributed by atoms with Gasteiger partial charge in [0.2, 0.25) is 0 Å². The Bertz CT molecular complexity index is 1370. The summed E-state index contributed by atoms with van der Waals surface area (Å²) in [6.07, 6.45) is -1.67. The fourth-order valence-electron chi connectivity index (χ4n) is 5.49. The Morgan fingerprint density at radius 1 is 1.10 bits per heavy atom. The second-order valence-electron chi connectivity index (χ2n) is 10.4. The van der Waals surface area contributed by atoms with Gasteiger partial charge in [-0.15, -0.1) is 0 Å². The van der Waals surface area contributed by atoms with Crippen LogP contribution in [-0.4, -0.2) is 60.6 Å². The van der Waals surface area contributed by atoms with E-state index in [-0.39, 0.29) is 12.1 Å². The van der Waals surface area contributed by atoms with Crippen molar-refractivity contribution in [1.82, 2.24) is 9.80 Å². The van der Waals surface area contributed by atoms with Crippen LogP contribution in [0.25, 0.3) is 11.0 Å². The first kappa shape index (κ1) is 28.4. The number of ether oxygens (including phenoxy) is 1. The first-order valence-corrected chi connectivity index (χ1v) is 13.7. The van der Waals surface area contributed by atoms with Gasteiger partial charge in [-0.1, -0.05) is 11.6 Å². The monoisotopic (exact) mass is 574 g/mol. The van der Waals surface area contributed by atoms with Crippen molar-refractivity contribution < 1.29 is 27.1 Å². The van der Waals surface area contributed by atoms with E-state index in [0.29, 0.717) is 56.0 Å². The lowest BCUT2D eigenvalue weighted by molar-refractivity contribution is -0.146. The molecule has 2 aromatic carbocycles.